The van der Waals surface area contributed by atoms with Crippen molar-refractivity contribution in [3.05, 3.63) is 57.6 Å². The molecule has 0 saturated heterocycles. The predicted octanol–water partition coefficient (Wildman–Crippen LogP) is 1.99. The number of carbonyl (C=O) groups is 6. The molecular formula is C18H10O15P+. The van der Waals surface area contributed by atoms with Gasteiger partial charge in [-0.3, -0.25) is 0 Å². The number of hydrogen-bond donors (Lipinski definition) is 6. The van der Waals surface area contributed by atoms with Crippen LogP contribution in [0.15, 0.2) is 24.3 Å². The van der Waals surface area contributed by atoms with E-state index in [-0.39, 0.29) is 0 Å². The van der Waals surface area contributed by atoms with Crippen molar-refractivity contribution in [3.63, 3.8) is 0 Å². The fraction of sp³-hybridized carbons (Fsp3) is 0. The lowest BCUT2D eigenvalue weighted by atomic mass is 10.0. The predicted molar refractivity (Wildman–Crippen MR) is 104 cm³/mol. The van der Waals surface area contributed by atoms with E-state index < -0.39 is 89.0 Å². The fourth-order valence-electron chi connectivity index (χ4n) is 2.64. The minimum atomic E-state index is -3.85. The summed E-state index contributed by atoms with van der Waals surface area (Å²) in [5, 5.41) is 55.5. The second kappa shape index (κ2) is 9.62. The van der Waals surface area contributed by atoms with Gasteiger partial charge in [0.15, 0.2) is 0 Å². The Labute approximate surface area is 187 Å². The van der Waals surface area contributed by atoms with Crippen LogP contribution < -0.4 is 9.05 Å². The van der Waals surface area contributed by atoms with E-state index in [1.54, 1.807) is 0 Å². The maximum absolute atomic E-state index is 12.5. The summed E-state index contributed by atoms with van der Waals surface area (Å²) in [6.45, 7) is 0. The number of aromatic carboxylic acids is 6. The molecule has 2 aromatic carbocycles. The normalized spacial score (nSPS) is 10.1. The molecule has 2 rings (SSSR count). The Kier molecular flexibility index (Phi) is 7.14. The second-order valence-corrected chi connectivity index (χ2v) is 6.78. The van der Waals surface area contributed by atoms with E-state index in [1.807, 2.05) is 0 Å². The Bertz CT molecular complexity index is 1200. The summed E-state index contributed by atoms with van der Waals surface area (Å²) in [5.74, 6) is -13.9. The zero-order valence-electron chi connectivity index (χ0n) is 16.1. The van der Waals surface area contributed by atoms with Gasteiger partial charge in [0.25, 0.3) is 0 Å². The van der Waals surface area contributed by atoms with Gasteiger partial charge < -0.3 is 30.6 Å². The summed E-state index contributed by atoms with van der Waals surface area (Å²) >= 11 is 0. The summed E-state index contributed by atoms with van der Waals surface area (Å²) in [5.41, 5.74) is -6.41. The van der Waals surface area contributed by atoms with E-state index in [1.165, 1.54) is 0 Å². The molecule has 176 valence electrons. The van der Waals surface area contributed by atoms with E-state index in [9.17, 15) is 53.8 Å². The molecule has 0 aliphatic heterocycles. The first-order chi connectivity index (χ1) is 15.8. The Hall–Kier alpha value is -5.04. The van der Waals surface area contributed by atoms with Gasteiger partial charge in [-0.05, 0) is 24.3 Å². The molecule has 34 heavy (non-hydrogen) atoms. The molecule has 0 heterocycles. The van der Waals surface area contributed by atoms with Crippen molar-refractivity contribution in [2.75, 3.05) is 0 Å². The molecule has 0 fully saturated rings. The average molecular weight is 497 g/mol. The highest BCUT2D eigenvalue weighted by atomic mass is 31.1. The quantitative estimate of drug-likeness (QED) is 0.256. The molecule has 0 bridgehead atoms. The minimum Gasteiger partial charge on any atom is -0.478 e. The highest BCUT2D eigenvalue weighted by Crippen LogP contribution is 2.40. The lowest BCUT2D eigenvalue weighted by Crippen LogP contribution is -2.15. The zero-order chi connectivity index (χ0) is 25.9. The maximum Gasteiger partial charge on any atom is 0.805 e. The van der Waals surface area contributed by atoms with Crippen LogP contribution in [0.2, 0.25) is 0 Å². The lowest BCUT2D eigenvalue weighted by Gasteiger charge is -2.09. The molecule has 0 saturated carbocycles. The Morgan fingerprint density at radius 2 is 0.765 bits per heavy atom. The van der Waals surface area contributed by atoms with Crippen LogP contribution in [0.5, 0.6) is 11.5 Å². The monoisotopic (exact) mass is 497 g/mol. The molecule has 0 radical (unpaired) electrons. The standard InChI is InChI=1S/C18H9O15P/c19-13(20)5-1-3-7(15(23)24)11(9(5)17(27)28)32-34(31)33-12-8(16(25)26)4-2-6(14(21)22)10(12)18(29)30/h1-4H,(H5-,19,20,21,22,23,24,25,26,27,28,29,30)/p+1. The summed E-state index contributed by atoms with van der Waals surface area (Å²) in [4.78, 5) is 68.7. The largest absolute Gasteiger partial charge is 0.805 e. The van der Waals surface area contributed by atoms with Gasteiger partial charge in [-0.25, -0.2) is 37.8 Å². The van der Waals surface area contributed by atoms with Gasteiger partial charge in [0.05, 0.1) is 11.1 Å². The van der Waals surface area contributed by atoms with E-state index >= 15 is 0 Å². The molecule has 0 unspecified atom stereocenters. The van der Waals surface area contributed by atoms with Crippen LogP contribution >= 0.6 is 8.25 Å². The van der Waals surface area contributed by atoms with Gasteiger partial charge in [0.1, 0.15) is 22.3 Å². The first-order valence-electron chi connectivity index (χ1n) is 8.34. The number of carboxylic acids is 6. The Balaban J connectivity index is 2.70. The molecule has 0 aromatic heterocycles. The number of rotatable bonds is 10. The number of benzene rings is 2. The maximum atomic E-state index is 12.5. The summed E-state index contributed by atoms with van der Waals surface area (Å²) in [6, 6.07) is 2.48. The third kappa shape index (κ3) is 4.89. The molecule has 2 aromatic rings. The van der Waals surface area contributed by atoms with Crippen molar-refractivity contribution in [2.45, 2.75) is 0 Å². The average Bonchev–Trinajstić information content (AvgIpc) is 2.71. The number of carboxylic acid groups (broad SMARTS) is 6. The summed E-state index contributed by atoms with van der Waals surface area (Å²) in [7, 11) is -3.85. The zero-order valence-corrected chi connectivity index (χ0v) is 17.0. The van der Waals surface area contributed by atoms with Gasteiger partial charge >= 0.3 is 44.1 Å². The second-order valence-electron chi connectivity index (χ2n) is 5.97. The van der Waals surface area contributed by atoms with Crippen molar-refractivity contribution in [3.8, 4) is 11.5 Å². The van der Waals surface area contributed by atoms with E-state index in [0.717, 1.165) is 0 Å². The molecule has 0 amide bonds. The molecule has 0 atom stereocenters. The van der Waals surface area contributed by atoms with Gasteiger partial charge in [-0.1, -0.05) is 0 Å². The first kappa shape index (κ1) is 25.2. The molecule has 6 N–H and O–H groups in total. The smallest absolute Gasteiger partial charge is 0.478 e. The fourth-order valence-corrected chi connectivity index (χ4v) is 3.36. The van der Waals surface area contributed by atoms with Crippen LogP contribution in [0.4, 0.5) is 0 Å². The van der Waals surface area contributed by atoms with Crippen LogP contribution in [0, 0.1) is 0 Å². The minimum absolute atomic E-state index is 0.618. The number of hydrogen-bond acceptors (Lipinski definition) is 9. The topological polar surface area (TPSA) is 259 Å². The van der Waals surface area contributed by atoms with Gasteiger partial charge in [0, 0.05) is 4.57 Å². The van der Waals surface area contributed by atoms with E-state index in [4.69, 9.17) is 19.3 Å². The summed E-state index contributed by atoms with van der Waals surface area (Å²) in [6.07, 6.45) is 0. The SMILES string of the molecule is O=C(O)c1ccc(C(=O)O)c(C(=O)O)c1O[P+](=O)Oc1c(C(=O)O)ccc(C(=O)O)c1C(=O)O. The lowest BCUT2D eigenvalue weighted by molar-refractivity contribution is 0.0645. The molecule has 0 spiro atoms. The molecular weight excluding hydrogens is 487 g/mol. The third-order valence-electron chi connectivity index (χ3n) is 4.00. The Morgan fingerprint density at radius 1 is 0.500 bits per heavy atom. The van der Waals surface area contributed by atoms with Gasteiger partial charge in [0.2, 0.25) is 11.5 Å². The van der Waals surface area contributed by atoms with Gasteiger partial charge in [-0.2, -0.15) is 0 Å². The van der Waals surface area contributed by atoms with Crippen molar-refractivity contribution >= 4 is 44.1 Å². The van der Waals surface area contributed by atoms with Crippen molar-refractivity contribution < 1.29 is 73.0 Å². The molecule has 0 aliphatic carbocycles. The molecule has 15 nitrogen and oxygen atoms in total. The molecule has 0 aliphatic rings. The van der Waals surface area contributed by atoms with E-state index in [0.29, 0.717) is 24.3 Å². The van der Waals surface area contributed by atoms with Crippen molar-refractivity contribution in [2.24, 2.45) is 0 Å². The third-order valence-corrected chi connectivity index (χ3v) is 4.66. The Morgan fingerprint density at radius 3 is 1.00 bits per heavy atom. The van der Waals surface area contributed by atoms with Crippen LogP contribution in [0.3, 0.4) is 0 Å². The summed E-state index contributed by atoms with van der Waals surface area (Å²) < 4.78 is 21.9. The van der Waals surface area contributed by atoms with Crippen LogP contribution in [0.25, 0.3) is 0 Å². The van der Waals surface area contributed by atoms with Crippen LogP contribution in [-0.2, 0) is 4.57 Å². The van der Waals surface area contributed by atoms with Gasteiger partial charge in [-0.15, -0.1) is 0 Å². The van der Waals surface area contributed by atoms with Crippen LogP contribution in [0.1, 0.15) is 62.1 Å². The highest BCUT2D eigenvalue weighted by Gasteiger charge is 2.38. The first-order valence-corrected chi connectivity index (χ1v) is 9.44. The molecule has 16 heteroatoms. The van der Waals surface area contributed by atoms with E-state index in [2.05, 4.69) is 0 Å². The van der Waals surface area contributed by atoms with Crippen molar-refractivity contribution in [1.82, 2.24) is 0 Å². The van der Waals surface area contributed by atoms with Crippen LogP contribution in [-0.4, -0.2) is 66.5 Å². The van der Waals surface area contributed by atoms with Crippen molar-refractivity contribution in [1.29, 1.82) is 0 Å². The highest BCUT2D eigenvalue weighted by molar-refractivity contribution is 7.34.